The maximum absolute atomic E-state index is 3.77. The topological polar surface area (TPSA) is 36.8 Å². The Kier molecular flexibility index (Phi) is 9.41. The number of hydrazone groups is 1. The van der Waals surface area contributed by atoms with Gasteiger partial charge in [0, 0.05) is 6.54 Å². The van der Waals surface area contributed by atoms with Gasteiger partial charge in [-0.2, -0.15) is 5.10 Å². The highest BCUT2D eigenvalue weighted by atomic mass is 15.3. The van der Waals surface area contributed by atoms with Crippen molar-refractivity contribution in [2.45, 2.75) is 34.6 Å². The maximum atomic E-state index is 3.77. The van der Waals surface area contributed by atoms with Crippen molar-refractivity contribution in [3.8, 4) is 0 Å². The van der Waals surface area contributed by atoms with Crippen LogP contribution in [0.15, 0.2) is 10.1 Å². The second kappa shape index (κ2) is 8.24. The molecule has 3 nitrogen and oxygen atoms in total. The molecule has 0 bridgehead atoms. The van der Waals surface area contributed by atoms with Gasteiger partial charge in [0.15, 0.2) is 0 Å². The second-order valence-corrected chi connectivity index (χ2v) is 3.32. The number of nitrogens with zero attached hydrogens (tertiary/aromatic N) is 2. The maximum Gasteiger partial charge on any atom is 0.134 e. The Hall–Kier alpha value is -0.860. The van der Waals surface area contributed by atoms with Crippen molar-refractivity contribution in [2.24, 2.45) is 15.5 Å². The smallest absolute Gasteiger partial charge is 0.134 e. The molecular weight excluding hydrogens is 150 g/mol. The van der Waals surface area contributed by atoms with Crippen molar-refractivity contribution in [3.63, 3.8) is 0 Å². The molecule has 0 aliphatic rings. The van der Waals surface area contributed by atoms with Crippen LogP contribution in [0.25, 0.3) is 0 Å². The molecule has 1 N–H and O–H groups in total. The predicted molar refractivity (Wildman–Crippen MR) is 56.8 cm³/mol. The molecule has 0 heterocycles. The zero-order valence-electron chi connectivity index (χ0n) is 8.89. The number of aliphatic imine (C=N–C) groups is 1. The van der Waals surface area contributed by atoms with E-state index < -0.39 is 0 Å². The van der Waals surface area contributed by atoms with Crippen LogP contribution in [-0.4, -0.2) is 19.6 Å². The Bertz CT molecular complexity index is 122. The van der Waals surface area contributed by atoms with E-state index in [4.69, 9.17) is 0 Å². The van der Waals surface area contributed by atoms with Crippen LogP contribution < -0.4 is 5.43 Å². The molecule has 0 spiro atoms. The van der Waals surface area contributed by atoms with Crippen molar-refractivity contribution < 1.29 is 0 Å². The van der Waals surface area contributed by atoms with E-state index in [-0.39, 0.29) is 5.41 Å². The summed E-state index contributed by atoms with van der Waals surface area (Å²) in [5.41, 5.74) is 3.12. The first kappa shape index (κ1) is 13.7. The lowest BCUT2D eigenvalue weighted by Crippen LogP contribution is -2.22. The number of nitrogens with one attached hydrogen (secondary N) is 1. The fourth-order valence-corrected chi connectivity index (χ4v) is 0.364. The Labute approximate surface area is 76.0 Å². The van der Waals surface area contributed by atoms with Crippen LogP contribution in [0, 0.1) is 5.41 Å². The van der Waals surface area contributed by atoms with Gasteiger partial charge in [0.2, 0.25) is 0 Å². The monoisotopic (exact) mass is 171 g/mol. The molecule has 0 aliphatic carbocycles. The van der Waals surface area contributed by atoms with E-state index in [1.165, 1.54) is 6.34 Å². The van der Waals surface area contributed by atoms with Crippen LogP contribution in [0.1, 0.15) is 34.6 Å². The van der Waals surface area contributed by atoms with Crippen LogP contribution in [0.5, 0.6) is 0 Å². The van der Waals surface area contributed by atoms with Crippen molar-refractivity contribution in [1.82, 2.24) is 5.43 Å². The zero-order chi connectivity index (χ0) is 10.0. The summed E-state index contributed by atoms with van der Waals surface area (Å²) in [6.07, 6.45) is 1.39. The van der Waals surface area contributed by atoms with Gasteiger partial charge in [0.1, 0.15) is 6.34 Å². The SMILES string of the molecule is C=N/C=N\NCC(C)(C)C.CC. The third-order valence-electron chi connectivity index (χ3n) is 0.840. The van der Waals surface area contributed by atoms with E-state index >= 15 is 0 Å². The summed E-state index contributed by atoms with van der Waals surface area (Å²) in [7, 11) is 0. The third-order valence-corrected chi connectivity index (χ3v) is 0.840. The molecule has 0 atom stereocenters. The molecule has 0 saturated heterocycles. The summed E-state index contributed by atoms with van der Waals surface area (Å²) in [5, 5.41) is 3.77. The van der Waals surface area contributed by atoms with Crippen LogP contribution in [0.2, 0.25) is 0 Å². The van der Waals surface area contributed by atoms with Crippen molar-refractivity contribution in [3.05, 3.63) is 0 Å². The minimum absolute atomic E-state index is 0.262. The van der Waals surface area contributed by atoms with Gasteiger partial charge in [-0.1, -0.05) is 34.6 Å². The number of hydrogen-bond acceptors (Lipinski definition) is 2. The van der Waals surface area contributed by atoms with Gasteiger partial charge in [-0.25, -0.2) is 0 Å². The van der Waals surface area contributed by atoms with Gasteiger partial charge in [-0.05, 0) is 12.1 Å². The van der Waals surface area contributed by atoms with E-state index in [9.17, 15) is 0 Å². The molecule has 72 valence electrons. The van der Waals surface area contributed by atoms with Gasteiger partial charge in [-0.3, -0.25) is 4.99 Å². The van der Waals surface area contributed by atoms with Gasteiger partial charge in [0.05, 0.1) is 0 Å². The van der Waals surface area contributed by atoms with Crippen LogP contribution >= 0.6 is 0 Å². The molecule has 0 aromatic carbocycles. The Balaban J connectivity index is 0. The van der Waals surface area contributed by atoms with Crippen LogP contribution in [0.3, 0.4) is 0 Å². The van der Waals surface area contributed by atoms with Gasteiger partial charge >= 0.3 is 0 Å². The molecule has 0 aromatic heterocycles. The minimum Gasteiger partial charge on any atom is -0.308 e. The fourth-order valence-electron chi connectivity index (χ4n) is 0.364. The van der Waals surface area contributed by atoms with E-state index in [2.05, 4.69) is 43.0 Å². The standard InChI is InChI=1S/C7H15N3.C2H6/c1-7(2,3)5-9-10-6-8-4;1-2/h6,9H,4-5H2,1-3H3;1-2H3/b10-6-;. The Morgan fingerprint density at radius 2 is 1.83 bits per heavy atom. The predicted octanol–water partition coefficient (Wildman–Crippen LogP) is 2.29. The molecule has 0 radical (unpaired) electrons. The minimum atomic E-state index is 0.262. The highest BCUT2D eigenvalue weighted by molar-refractivity contribution is 5.61. The summed E-state index contributed by atoms with van der Waals surface area (Å²) >= 11 is 0. The summed E-state index contributed by atoms with van der Waals surface area (Å²) in [6.45, 7) is 14.5. The molecule has 0 saturated carbocycles. The van der Waals surface area contributed by atoms with Gasteiger partial charge in [-0.15, -0.1) is 0 Å². The van der Waals surface area contributed by atoms with Crippen molar-refractivity contribution >= 4 is 13.1 Å². The third kappa shape index (κ3) is 16.1. The quantitative estimate of drug-likeness (QED) is 0.395. The molecule has 12 heavy (non-hydrogen) atoms. The van der Waals surface area contributed by atoms with E-state index in [0.29, 0.717) is 0 Å². The first-order valence-corrected chi connectivity index (χ1v) is 4.26. The molecule has 0 fully saturated rings. The second-order valence-electron chi connectivity index (χ2n) is 3.32. The Morgan fingerprint density at radius 1 is 1.33 bits per heavy atom. The molecule has 0 aliphatic heterocycles. The first-order chi connectivity index (χ1) is 5.56. The summed E-state index contributed by atoms with van der Waals surface area (Å²) in [6, 6.07) is 0. The van der Waals surface area contributed by atoms with Crippen molar-refractivity contribution in [2.75, 3.05) is 6.54 Å². The molecule has 3 heteroatoms. The normalized spacial score (nSPS) is 10.4. The lowest BCUT2D eigenvalue weighted by molar-refractivity contribution is 0.386. The molecule has 0 amide bonds. The largest absolute Gasteiger partial charge is 0.308 e. The molecule has 0 unspecified atom stereocenters. The first-order valence-electron chi connectivity index (χ1n) is 4.26. The van der Waals surface area contributed by atoms with E-state index in [1.807, 2.05) is 13.8 Å². The number of rotatable bonds is 3. The molecule has 0 aromatic rings. The number of hydrogen-bond donors (Lipinski definition) is 1. The van der Waals surface area contributed by atoms with Crippen LogP contribution in [0.4, 0.5) is 0 Å². The lowest BCUT2D eigenvalue weighted by Gasteiger charge is -2.16. The molecular formula is C9H21N3. The Morgan fingerprint density at radius 3 is 2.17 bits per heavy atom. The fraction of sp³-hybridized carbons (Fsp3) is 0.778. The zero-order valence-corrected chi connectivity index (χ0v) is 8.89. The lowest BCUT2D eigenvalue weighted by atomic mass is 9.98. The van der Waals surface area contributed by atoms with Gasteiger partial charge in [0.25, 0.3) is 0 Å². The average Bonchev–Trinajstić information content (AvgIpc) is 2.01. The van der Waals surface area contributed by atoms with Gasteiger partial charge < -0.3 is 5.43 Å². The summed E-state index contributed by atoms with van der Waals surface area (Å²) in [5.74, 6) is 0. The van der Waals surface area contributed by atoms with E-state index in [1.54, 1.807) is 0 Å². The average molecular weight is 171 g/mol. The summed E-state index contributed by atoms with van der Waals surface area (Å²) < 4.78 is 0. The van der Waals surface area contributed by atoms with E-state index in [0.717, 1.165) is 6.54 Å². The van der Waals surface area contributed by atoms with Crippen LogP contribution in [-0.2, 0) is 0 Å². The van der Waals surface area contributed by atoms with Crippen molar-refractivity contribution in [1.29, 1.82) is 0 Å². The highest BCUT2D eigenvalue weighted by Gasteiger charge is 2.07. The summed E-state index contributed by atoms with van der Waals surface area (Å²) in [4.78, 5) is 3.45. The molecule has 0 rings (SSSR count). The highest BCUT2D eigenvalue weighted by Crippen LogP contribution is 2.09.